The van der Waals surface area contributed by atoms with Crippen LogP contribution in [0, 0.1) is 25.2 Å². The van der Waals surface area contributed by atoms with Crippen molar-refractivity contribution in [2.75, 3.05) is 13.6 Å². The van der Waals surface area contributed by atoms with Gasteiger partial charge in [0.2, 0.25) is 0 Å². The van der Waals surface area contributed by atoms with Crippen LogP contribution in [-0.2, 0) is 19.5 Å². The highest BCUT2D eigenvalue weighted by atomic mass is 32.1. The molecule has 3 aromatic rings. The Labute approximate surface area is 170 Å². The molecule has 0 fully saturated rings. The minimum Gasteiger partial charge on any atom is -0.348 e. The average molecular weight is 392 g/mol. The quantitative estimate of drug-likeness (QED) is 0.528. The molecule has 0 N–H and O–H groups in total. The van der Waals surface area contributed by atoms with Gasteiger partial charge in [-0.2, -0.15) is 5.26 Å². The van der Waals surface area contributed by atoms with E-state index < -0.39 is 0 Å². The van der Waals surface area contributed by atoms with Crippen LogP contribution in [0.3, 0.4) is 0 Å². The van der Waals surface area contributed by atoms with Crippen LogP contribution in [-0.4, -0.2) is 28.8 Å². The molecule has 0 saturated heterocycles. The third-order valence-electron chi connectivity index (χ3n) is 4.96. The van der Waals surface area contributed by atoms with E-state index in [1.54, 1.807) is 17.4 Å². The lowest BCUT2D eigenvalue weighted by Gasteiger charge is -2.16. The maximum Gasteiger partial charge on any atom is 0.178 e. The molecule has 2 heterocycles. The molecule has 2 aromatic heterocycles. The van der Waals surface area contributed by atoms with E-state index >= 15 is 0 Å². The fourth-order valence-corrected chi connectivity index (χ4v) is 4.24. The number of carbonyl (C=O) groups is 1. The zero-order valence-corrected chi connectivity index (χ0v) is 17.4. The van der Waals surface area contributed by atoms with Crippen LogP contribution in [0.2, 0.25) is 0 Å². The van der Waals surface area contributed by atoms with Gasteiger partial charge in [-0.25, -0.2) is 0 Å². The number of nitriles is 1. The maximum absolute atomic E-state index is 12.9. The fraction of sp³-hybridized carbons (Fsp3) is 0.304. The van der Waals surface area contributed by atoms with Gasteiger partial charge in [0.25, 0.3) is 0 Å². The molecule has 4 nitrogen and oxygen atoms in total. The highest BCUT2D eigenvalue weighted by Gasteiger charge is 2.17. The number of hydrogen-bond donors (Lipinski definition) is 0. The van der Waals surface area contributed by atoms with Crippen LogP contribution < -0.4 is 0 Å². The molecule has 0 bridgehead atoms. The summed E-state index contributed by atoms with van der Waals surface area (Å²) in [6, 6.07) is 15.9. The predicted octanol–water partition coefficient (Wildman–Crippen LogP) is 4.60. The van der Waals surface area contributed by atoms with Gasteiger partial charge in [0.05, 0.1) is 18.2 Å². The summed E-state index contributed by atoms with van der Waals surface area (Å²) < 4.78 is 2.24. The molecule has 0 radical (unpaired) electrons. The molecule has 0 saturated carbocycles. The van der Waals surface area contributed by atoms with Crippen molar-refractivity contribution in [3.05, 3.63) is 80.8 Å². The highest BCUT2D eigenvalue weighted by Crippen LogP contribution is 2.19. The first-order chi connectivity index (χ1) is 13.5. The fourth-order valence-electron chi connectivity index (χ4n) is 3.54. The lowest BCUT2D eigenvalue weighted by molar-refractivity contribution is 0.0942. The van der Waals surface area contributed by atoms with Gasteiger partial charge in [0, 0.05) is 34.9 Å². The SMILES string of the molecule is Cc1cc(C(=O)CN(C)Cc2cccc(C#N)c2)c(C)n1CCc1cccs1. The molecule has 0 spiro atoms. The van der Waals surface area contributed by atoms with Crippen LogP contribution in [0.4, 0.5) is 0 Å². The summed E-state index contributed by atoms with van der Waals surface area (Å²) in [4.78, 5) is 16.2. The molecule has 5 heteroatoms. The number of nitrogens with zero attached hydrogens (tertiary/aromatic N) is 3. The van der Waals surface area contributed by atoms with E-state index in [4.69, 9.17) is 5.26 Å². The Balaban J connectivity index is 1.65. The number of benzene rings is 1. The molecule has 0 aliphatic heterocycles. The lowest BCUT2D eigenvalue weighted by Crippen LogP contribution is -2.26. The Bertz CT molecular complexity index is 996. The molecule has 0 aliphatic carbocycles. The van der Waals surface area contributed by atoms with Crippen molar-refractivity contribution in [2.24, 2.45) is 0 Å². The van der Waals surface area contributed by atoms with Crippen LogP contribution in [0.5, 0.6) is 0 Å². The van der Waals surface area contributed by atoms with E-state index in [2.05, 4.69) is 35.1 Å². The normalized spacial score (nSPS) is 11.0. The summed E-state index contributed by atoms with van der Waals surface area (Å²) in [7, 11) is 1.94. The molecule has 28 heavy (non-hydrogen) atoms. The summed E-state index contributed by atoms with van der Waals surface area (Å²) in [6.07, 6.45) is 0.983. The molecule has 0 amide bonds. The number of aryl methyl sites for hydroxylation is 2. The lowest BCUT2D eigenvalue weighted by atomic mass is 10.1. The zero-order chi connectivity index (χ0) is 20.1. The molecule has 0 aliphatic rings. The zero-order valence-electron chi connectivity index (χ0n) is 16.6. The first-order valence-electron chi connectivity index (χ1n) is 9.38. The second kappa shape index (κ2) is 9.01. The minimum atomic E-state index is 0.134. The maximum atomic E-state index is 12.9. The Morgan fingerprint density at radius 3 is 2.75 bits per heavy atom. The van der Waals surface area contributed by atoms with Gasteiger partial charge in [0.15, 0.2) is 5.78 Å². The largest absolute Gasteiger partial charge is 0.348 e. The van der Waals surface area contributed by atoms with Gasteiger partial charge in [-0.15, -0.1) is 11.3 Å². The summed E-state index contributed by atoms with van der Waals surface area (Å²) in [6.45, 7) is 5.98. The Kier molecular flexibility index (Phi) is 6.45. The standard InChI is InChI=1S/C23H25N3OS/c1-17-12-22(18(2)26(17)10-9-21-8-5-11-28-21)23(27)16-25(3)15-20-7-4-6-19(13-20)14-24/h4-8,11-13H,9-10,15-16H2,1-3H3. The third kappa shape index (κ3) is 4.78. The van der Waals surface area contributed by atoms with Crippen molar-refractivity contribution in [3.8, 4) is 6.07 Å². The number of hydrogen-bond acceptors (Lipinski definition) is 4. The molecular formula is C23H25N3OS. The highest BCUT2D eigenvalue weighted by molar-refractivity contribution is 7.09. The summed E-state index contributed by atoms with van der Waals surface area (Å²) in [5.74, 6) is 0.134. The Morgan fingerprint density at radius 2 is 2.04 bits per heavy atom. The van der Waals surface area contributed by atoms with E-state index in [0.717, 1.165) is 35.5 Å². The van der Waals surface area contributed by atoms with Crippen molar-refractivity contribution in [2.45, 2.75) is 33.4 Å². The minimum absolute atomic E-state index is 0.134. The molecule has 144 valence electrons. The second-order valence-corrected chi connectivity index (χ2v) is 8.21. The van der Waals surface area contributed by atoms with E-state index in [-0.39, 0.29) is 5.78 Å². The Morgan fingerprint density at radius 1 is 1.21 bits per heavy atom. The van der Waals surface area contributed by atoms with Crippen LogP contribution >= 0.6 is 11.3 Å². The van der Waals surface area contributed by atoms with Crippen molar-refractivity contribution in [1.82, 2.24) is 9.47 Å². The van der Waals surface area contributed by atoms with Gasteiger partial charge in [-0.05, 0) is 62.5 Å². The molecule has 1 aromatic carbocycles. The van der Waals surface area contributed by atoms with Crippen LogP contribution in [0.15, 0.2) is 47.8 Å². The number of rotatable bonds is 8. The summed E-state index contributed by atoms with van der Waals surface area (Å²) >= 11 is 1.77. The number of aromatic nitrogens is 1. The van der Waals surface area contributed by atoms with E-state index in [9.17, 15) is 4.79 Å². The van der Waals surface area contributed by atoms with Crippen molar-refractivity contribution >= 4 is 17.1 Å². The van der Waals surface area contributed by atoms with Gasteiger partial charge < -0.3 is 4.57 Å². The number of ketones is 1. The van der Waals surface area contributed by atoms with Gasteiger partial charge in [-0.1, -0.05) is 18.2 Å². The monoisotopic (exact) mass is 391 g/mol. The van der Waals surface area contributed by atoms with Crippen LogP contribution in [0.25, 0.3) is 0 Å². The van der Waals surface area contributed by atoms with E-state index in [1.165, 1.54) is 4.88 Å². The number of thiophene rings is 1. The molecule has 0 unspecified atom stereocenters. The van der Waals surface area contributed by atoms with Crippen molar-refractivity contribution < 1.29 is 4.79 Å². The second-order valence-electron chi connectivity index (χ2n) is 7.17. The van der Waals surface area contributed by atoms with Crippen LogP contribution in [0.1, 0.15) is 37.7 Å². The van der Waals surface area contributed by atoms with E-state index in [0.29, 0.717) is 18.7 Å². The van der Waals surface area contributed by atoms with Gasteiger partial charge >= 0.3 is 0 Å². The topological polar surface area (TPSA) is 49.0 Å². The van der Waals surface area contributed by atoms with Crippen molar-refractivity contribution in [1.29, 1.82) is 5.26 Å². The third-order valence-corrected chi connectivity index (χ3v) is 5.89. The number of Topliss-reactive ketones (excluding diaryl/α,β-unsaturated/α-hetero) is 1. The van der Waals surface area contributed by atoms with E-state index in [1.807, 2.05) is 43.1 Å². The smallest absolute Gasteiger partial charge is 0.178 e. The molecule has 3 rings (SSSR count). The molecular weight excluding hydrogens is 366 g/mol. The first kappa shape index (κ1) is 20.1. The average Bonchev–Trinajstić information content (AvgIpc) is 3.28. The van der Waals surface area contributed by atoms with Gasteiger partial charge in [0.1, 0.15) is 0 Å². The summed E-state index contributed by atoms with van der Waals surface area (Å²) in [5.41, 5.74) is 4.66. The summed E-state index contributed by atoms with van der Waals surface area (Å²) in [5, 5.41) is 11.1. The van der Waals surface area contributed by atoms with Gasteiger partial charge in [-0.3, -0.25) is 9.69 Å². The predicted molar refractivity (Wildman–Crippen MR) is 114 cm³/mol. The first-order valence-corrected chi connectivity index (χ1v) is 10.3. The molecule has 0 atom stereocenters. The number of carbonyl (C=O) groups excluding carboxylic acids is 1. The number of likely N-dealkylation sites (N-methyl/N-ethyl adjacent to an activating group) is 1. The van der Waals surface area contributed by atoms with Crippen molar-refractivity contribution in [3.63, 3.8) is 0 Å². The Hall–Kier alpha value is -2.68.